The third-order valence-corrected chi connectivity index (χ3v) is 3.50. The Bertz CT molecular complexity index is 547. The fraction of sp³-hybridized carbons (Fsp3) is 0.286. The fourth-order valence-corrected chi connectivity index (χ4v) is 2.17. The topological polar surface area (TPSA) is 67.1 Å². The van der Waals surface area contributed by atoms with E-state index in [1.807, 2.05) is 18.2 Å². The Morgan fingerprint density at radius 2 is 2.05 bits per heavy atom. The molecule has 0 amide bonds. The Morgan fingerprint density at radius 1 is 1.30 bits per heavy atom. The van der Waals surface area contributed by atoms with E-state index in [1.165, 1.54) is 5.69 Å². The van der Waals surface area contributed by atoms with Crippen LogP contribution in [0.4, 0.5) is 17.5 Å². The van der Waals surface area contributed by atoms with Crippen LogP contribution in [0.25, 0.3) is 0 Å². The molecule has 0 saturated heterocycles. The summed E-state index contributed by atoms with van der Waals surface area (Å²) in [6, 6.07) is 10.3. The summed E-state index contributed by atoms with van der Waals surface area (Å²) in [5.41, 5.74) is 6.79. The van der Waals surface area contributed by atoms with Crippen molar-refractivity contribution in [3.05, 3.63) is 41.0 Å². The summed E-state index contributed by atoms with van der Waals surface area (Å²) in [7, 11) is 2.09. The number of hydrogen-bond acceptors (Lipinski definition) is 5. The molecule has 0 aliphatic heterocycles. The lowest BCUT2D eigenvalue weighted by Gasteiger charge is -2.19. The van der Waals surface area contributed by atoms with Gasteiger partial charge < -0.3 is 16.0 Å². The average Bonchev–Trinajstić information content (AvgIpc) is 2.47. The van der Waals surface area contributed by atoms with Crippen molar-refractivity contribution in [3.63, 3.8) is 0 Å². The van der Waals surface area contributed by atoms with Crippen LogP contribution in [0.5, 0.6) is 0 Å². The highest BCUT2D eigenvalue weighted by Gasteiger charge is 2.03. The monoisotopic (exact) mass is 335 g/mol. The maximum absolute atomic E-state index is 5.56. The summed E-state index contributed by atoms with van der Waals surface area (Å²) >= 11 is 3.39. The number of aromatic nitrogens is 2. The molecule has 0 saturated carbocycles. The number of anilines is 3. The van der Waals surface area contributed by atoms with Crippen LogP contribution in [-0.4, -0.2) is 30.1 Å². The SMILES string of the molecule is CN(CCCNc1nc(N)ncc1Br)c1ccccc1. The molecule has 0 aliphatic rings. The summed E-state index contributed by atoms with van der Waals surface area (Å²) in [5.74, 6) is 1.01. The van der Waals surface area contributed by atoms with Crippen molar-refractivity contribution in [1.29, 1.82) is 0 Å². The molecule has 0 fully saturated rings. The number of rotatable bonds is 6. The molecule has 106 valence electrons. The van der Waals surface area contributed by atoms with Crippen molar-refractivity contribution in [2.45, 2.75) is 6.42 Å². The molecule has 0 radical (unpaired) electrons. The van der Waals surface area contributed by atoms with Gasteiger partial charge >= 0.3 is 0 Å². The minimum Gasteiger partial charge on any atom is -0.375 e. The zero-order chi connectivity index (χ0) is 14.4. The van der Waals surface area contributed by atoms with Crippen LogP contribution >= 0.6 is 15.9 Å². The minimum atomic E-state index is 0.275. The molecule has 0 spiro atoms. The molecule has 1 aromatic heterocycles. The van der Waals surface area contributed by atoms with E-state index >= 15 is 0 Å². The Hall–Kier alpha value is -1.82. The van der Waals surface area contributed by atoms with Crippen molar-refractivity contribution >= 4 is 33.4 Å². The van der Waals surface area contributed by atoms with Gasteiger partial charge in [0.2, 0.25) is 5.95 Å². The van der Waals surface area contributed by atoms with E-state index in [0.717, 1.165) is 29.8 Å². The molecule has 1 heterocycles. The summed E-state index contributed by atoms with van der Waals surface area (Å²) < 4.78 is 0.822. The Morgan fingerprint density at radius 3 is 2.80 bits per heavy atom. The van der Waals surface area contributed by atoms with Gasteiger partial charge in [0.25, 0.3) is 0 Å². The normalized spacial score (nSPS) is 10.3. The van der Waals surface area contributed by atoms with Gasteiger partial charge in [-0.05, 0) is 34.5 Å². The maximum Gasteiger partial charge on any atom is 0.221 e. The lowest BCUT2D eigenvalue weighted by molar-refractivity contribution is 0.813. The predicted molar refractivity (Wildman–Crippen MR) is 87.0 cm³/mol. The van der Waals surface area contributed by atoms with Gasteiger partial charge in [-0.2, -0.15) is 4.98 Å². The Labute approximate surface area is 127 Å². The highest BCUT2D eigenvalue weighted by Crippen LogP contribution is 2.19. The van der Waals surface area contributed by atoms with Crippen LogP contribution in [0.3, 0.4) is 0 Å². The van der Waals surface area contributed by atoms with Crippen LogP contribution in [0.2, 0.25) is 0 Å². The van der Waals surface area contributed by atoms with Gasteiger partial charge in [0.1, 0.15) is 5.82 Å². The van der Waals surface area contributed by atoms with Gasteiger partial charge in [-0.25, -0.2) is 4.98 Å². The van der Waals surface area contributed by atoms with Gasteiger partial charge in [-0.15, -0.1) is 0 Å². The summed E-state index contributed by atoms with van der Waals surface area (Å²) in [4.78, 5) is 10.3. The number of nitrogens with zero attached hydrogens (tertiary/aromatic N) is 3. The molecule has 6 heteroatoms. The first-order valence-corrected chi connectivity index (χ1v) is 7.24. The first-order valence-electron chi connectivity index (χ1n) is 6.45. The number of benzene rings is 1. The van der Waals surface area contributed by atoms with Crippen LogP contribution in [0.1, 0.15) is 6.42 Å². The molecule has 1 aromatic carbocycles. The molecule has 3 N–H and O–H groups in total. The van der Waals surface area contributed by atoms with Crippen LogP contribution in [0, 0.1) is 0 Å². The van der Waals surface area contributed by atoms with Gasteiger partial charge in [0, 0.05) is 32.0 Å². The minimum absolute atomic E-state index is 0.275. The summed E-state index contributed by atoms with van der Waals surface area (Å²) in [6.07, 6.45) is 2.66. The maximum atomic E-state index is 5.56. The molecular formula is C14H18BrN5. The smallest absolute Gasteiger partial charge is 0.221 e. The number of halogens is 1. The van der Waals surface area contributed by atoms with Crippen LogP contribution in [-0.2, 0) is 0 Å². The largest absolute Gasteiger partial charge is 0.375 e. The molecule has 0 bridgehead atoms. The van der Waals surface area contributed by atoms with Crippen molar-refractivity contribution in [2.75, 3.05) is 36.1 Å². The fourth-order valence-electron chi connectivity index (χ4n) is 1.84. The van der Waals surface area contributed by atoms with Gasteiger partial charge in [-0.3, -0.25) is 0 Å². The van der Waals surface area contributed by atoms with Gasteiger partial charge in [-0.1, -0.05) is 18.2 Å². The van der Waals surface area contributed by atoms with E-state index in [1.54, 1.807) is 6.20 Å². The van der Waals surface area contributed by atoms with Gasteiger partial charge in [0.05, 0.1) is 4.47 Å². The molecule has 2 aromatic rings. The number of nitrogens with one attached hydrogen (secondary N) is 1. The second kappa shape index (κ2) is 7.09. The van der Waals surface area contributed by atoms with E-state index in [-0.39, 0.29) is 5.95 Å². The molecule has 0 aliphatic carbocycles. The number of nitrogen functional groups attached to an aromatic ring is 1. The molecule has 0 atom stereocenters. The predicted octanol–water partition coefficient (Wildman–Crippen LogP) is 2.76. The van der Waals surface area contributed by atoms with E-state index in [9.17, 15) is 0 Å². The third-order valence-electron chi connectivity index (χ3n) is 2.92. The highest BCUT2D eigenvalue weighted by atomic mass is 79.9. The quantitative estimate of drug-likeness (QED) is 0.794. The second-order valence-electron chi connectivity index (χ2n) is 4.46. The molecule has 2 rings (SSSR count). The summed E-state index contributed by atoms with van der Waals surface area (Å²) in [5, 5.41) is 3.26. The van der Waals surface area contributed by atoms with E-state index < -0.39 is 0 Å². The standard InChI is InChI=1S/C14H18BrN5/c1-20(11-6-3-2-4-7-11)9-5-8-17-13-12(15)10-18-14(16)19-13/h2-4,6-7,10H,5,8-9H2,1H3,(H3,16,17,18,19). The molecule has 20 heavy (non-hydrogen) atoms. The van der Waals surface area contributed by atoms with Crippen molar-refractivity contribution in [1.82, 2.24) is 9.97 Å². The molecular weight excluding hydrogens is 318 g/mol. The number of hydrogen-bond donors (Lipinski definition) is 2. The van der Waals surface area contributed by atoms with E-state index in [2.05, 4.69) is 55.3 Å². The zero-order valence-electron chi connectivity index (χ0n) is 11.4. The van der Waals surface area contributed by atoms with Crippen LogP contribution in [0.15, 0.2) is 41.0 Å². The number of nitrogens with two attached hydrogens (primary N) is 1. The van der Waals surface area contributed by atoms with Crippen molar-refractivity contribution in [3.8, 4) is 0 Å². The van der Waals surface area contributed by atoms with E-state index in [4.69, 9.17) is 5.73 Å². The third kappa shape index (κ3) is 4.09. The average molecular weight is 336 g/mol. The molecule has 5 nitrogen and oxygen atoms in total. The van der Waals surface area contributed by atoms with Gasteiger partial charge in [0.15, 0.2) is 0 Å². The number of para-hydroxylation sites is 1. The first kappa shape index (κ1) is 14.6. The van der Waals surface area contributed by atoms with Crippen molar-refractivity contribution < 1.29 is 0 Å². The lowest BCUT2D eigenvalue weighted by Crippen LogP contribution is -2.21. The summed E-state index contributed by atoms with van der Waals surface area (Å²) in [6.45, 7) is 1.79. The Balaban J connectivity index is 1.78. The zero-order valence-corrected chi connectivity index (χ0v) is 13.0. The Kier molecular flexibility index (Phi) is 5.17. The van der Waals surface area contributed by atoms with Crippen LogP contribution < -0.4 is 16.0 Å². The molecule has 0 unspecified atom stereocenters. The highest BCUT2D eigenvalue weighted by molar-refractivity contribution is 9.10. The van der Waals surface area contributed by atoms with Crippen molar-refractivity contribution in [2.24, 2.45) is 0 Å². The lowest BCUT2D eigenvalue weighted by atomic mass is 10.3. The first-order chi connectivity index (χ1) is 9.66. The van der Waals surface area contributed by atoms with E-state index in [0.29, 0.717) is 0 Å². The second-order valence-corrected chi connectivity index (χ2v) is 5.32.